The summed E-state index contributed by atoms with van der Waals surface area (Å²) in [4.78, 5) is 25.6. The topological polar surface area (TPSA) is 80.8 Å². The first-order chi connectivity index (χ1) is 11.3. The number of carbonyl (C=O) groups is 2. The average molecular weight is 369 g/mol. The van der Waals surface area contributed by atoms with Gasteiger partial charge in [0.05, 0.1) is 4.75 Å². The van der Waals surface area contributed by atoms with Crippen LogP contribution in [0.15, 0.2) is 30.3 Å². The Kier molecular flexibility index (Phi) is 6.39. The van der Waals surface area contributed by atoms with Gasteiger partial charge in [0.25, 0.3) is 0 Å². The van der Waals surface area contributed by atoms with E-state index in [0.29, 0.717) is 6.29 Å². The first-order valence-electron chi connectivity index (χ1n) is 7.97. The summed E-state index contributed by atoms with van der Waals surface area (Å²) in [5.74, 6) is 0. The zero-order valence-electron chi connectivity index (χ0n) is 15.6. The highest BCUT2D eigenvalue weighted by Crippen LogP contribution is 2.29. The maximum atomic E-state index is 12.7. The number of hydrogen-bond acceptors (Lipinski definition) is 5. The van der Waals surface area contributed by atoms with Gasteiger partial charge in [0.1, 0.15) is 18.9 Å². The van der Waals surface area contributed by atoms with Crippen LogP contribution in [0.2, 0.25) is 0 Å². The van der Waals surface area contributed by atoms with Crippen LogP contribution in [0.5, 0.6) is 0 Å². The van der Waals surface area contributed by atoms with Crippen LogP contribution >= 0.6 is 0 Å². The molecule has 0 heterocycles. The monoisotopic (exact) mass is 369 g/mol. The van der Waals surface area contributed by atoms with Crippen LogP contribution in [-0.2, 0) is 26.0 Å². The van der Waals surface area contributed by atoms with E-state index in [1.165, 1.54) is 18.7 Å². The molecular weight excluding hydrogens is 342 g/mol. The minimum atomic E-state index is -3.60. The van der Waals surface area contributed by atoms with E-state index in [9.17, 15) is 18.0 Å². The number of sulfone groups is 1. The molecular formula is C18H27NO5S. The molecule has 0 radical (unpaired) electrons. The third kappa shape index (κ3) is 5.04. The van der Waals surface area contributed by atoms with Crippen LogP contribution in [0.1, 0.15) is 40.2 Å². The van der Waals surface area contributed by atoms with Crippen LogP contribution < -0.4 is 0 Å². The summed E-state index contributed by atoms with van der Waals surface area (Å²) in [5.41, 5.74) is -0.00358. The predicted molar refractivity (Wildman–Crippen MR) is 97.0 cm³/mol. The molecule has 0 aliphatic heterocycles. The van der Waals surface area contributed by atoms with Gasteiger partial charge in [-0.1, -0.05) is 30.3 Å². The van der Waals surface area contributed by atoms with E-state index in [1.54, 1.807) is 20.8 Å². The molecule has 1 rings (SSSR count). The second-order valence-electron chi connectivity index (χ2n) is 7.54. The van der Waals surface area contributed by atoms with Crippen LogP contribution in [0.25, 0.3) is 0 Å². The van der Waals surface area contributed by atoms with Crippen LogP contribution in [0.4, 0.5) is 4.79 Å². The molecule has 7 heteroatoms. The standard InChI is InChI=1S/C18H27NO5S/c1-17(2,3)19(15(12-20)18(4,5)25(6,22)23)16(21)24-13-14-10-8-7-9-11-14/h7-12,15H,13H2,1-6H3/t15-/m1/s1. The molecule has 0 bridgehead atoms. The highest BCUT2D eigenvalue weighted by molar-refractivity contribution is 7.92. The van der Waals surface area contributed by atoms with Crippen molar-refractivity contribution in [3.63, 3.8) is 0 Å². The molecule has 0 spiro atoms. The Morgan fingerprint density at radius 1 is 1.16 bits per heavy atom. The summed E-state index contributed by atoms with van der Waals surface area (Å²) >= 11 is 0. The van der Waals surface area contributed by atoms with Crippen molar-refractivity contribution in [2.45, 2.75) is 57.6 Å². The lowest BCUT2D eigenvalue weighted by Crippen LogP contribution is -2.61. The van der Waals surface area contributed by atoms with E-state index in [4.69, 9.17) is 4.74 Å². The number of hydrogen-bond donors (Lipinski definition) is 0. The summed E-state index contributed by atoms with van der Waals surface area (Å²) in [6.07, 6.45) is 0.820. The molecule has 25 heavy (non-hydrogen) atoms. The van der Waals surface area contributed by atoms with E-state index in [0.717, 1.165) is 11.8 Å². The number of amides is 1. The zero-order chi connectivity index (χ0) is 19.5. The molecule has 0 saturated heterocycles. The maximum absolute atomic E-state index is 12.7. The summed E-state index contributed by atoms with van der Waals surface area (Å²) in [5, 5.41) is 0. The van der Waals surface area contributed by atoms with Crippen LogP contribution in [0, 0.1) is 0 Å². The Morgan fingerprint density at radius 2 is 1.68 bits per heavy atom. The summed E-state index contributed by atoms with van der Waals surface area (Å²) in [6, 6.07) is 7.95. The molecule has 1 aromatic carbocycles. The minimum absolute atomic E-state index is 0.0388. The van der Waals surface area contributed by atoms with Gasteiger partial charge in [0, 0.05) is 11.8 Å². The number of ether oxygens (including phenoxy) is 1. The van der Waals surface area contributed by atoms with Gasteiger partial charge in [-0.25, -0.2) is 13.2 Å². The van der Waals surface area contributed by atoms with E-state index in [2.05, 4.69) is 0 Å². The fourth-order valence-electron chi connectivity index (χ4n) is 2.35. The van der Waals surface area contributed by atoms with Crippen molar-refractivity contribution >= 4 is 22.2 Å². The van der Waals surface area contributed by atoms with E-state index >= 15 is 0 Å². The predicted octanol–water partition coefficient (Wildman–Crippen LogP) is 2.81. The number of carbonyl (C=O) groups excluding carboxylic acids is 2. The van der Waals surface area contributed by atoms with Gasteiger partial charge in [-0.2, -0.15) is 0 Å². The van der Waals surface area contributed by atoms with Crippen molar-refractivity contribution in [3.8, 4) is 0 Å². The Labute approximate surface area is 150 Å². The first kappa shape index (κ1) is 21.2. The molecule has 0 aliphatic carbocycles. The number of nitrogens with zero attached hydrogens (tertiary/aromatic N) is 1. The Hall–Kier alpha value is -1.89. The molecule has 0 unspecified atom stereocenters. The lowest BCUT2D eigenvalue weighted by molar-refractivity contribution is -0.114. The lowest BCUT2D eigenvalue weighted by atomic mass is 9.96. The minimum Gasteiger partial charge on any atom is -0.445 e. The molecule has 0 saturated carbocycles. The van der Waals surface area contributed by atoms with Gasteiger partial charge in [0.15, 0.2) is 9.84 Å². The van der Waals surface area contributed by atoms with Gasteiger partial charge in [-0.05, 0) is 40.2 Å². The van der Waals surface area contributed by atoms with Crippen molar-refractivity contribution < 1.29 is 22.7 Å². The summed E-state index contributed by atoms with van der Waals surface area (Å²) < 4.78 is 28.2. The highest BCUT2D eigenvalue weighted by atomic mass is 32.2. The lowest BCUT2D eigenvalue weighted by Gasteiger charge is -2.44. The molecule has 0 fully saturated rings. The largest absolute Gasteiger partial charge is 0.445 e. The molecule has 1 amide bonds. The Balaban J connectivity index is 3.15. The van der Waals surface area contributed by atoms with Crippen LogP contribution in [0.3, 0.4) is 0 Å². The van der Waals surface area contributed by atoms with Crippen molar-refractivity contribution in [1.29, 1.82) is 0 Å². The van der Waals surface area contributed by atoms with Gasteiger partial charge < -0.3 is 9.53 Å². The molecule has 0 aliphatic rings. The fourth-order valence-corrected chi connectivity index (χ4v) is 2.95. The summed E-state index contributed by atoms with van der Waals surface area (Å²) in [6.45, 7) is 8.09. The number of benzene rings is 1. The second-order valence-corrected chi connectivity index (χ2v) is 10.1. The SMILES string of the molecule is CC(C)(C)N(C(=O)OCc1ccccc1)[C@H](C=O)C(C)(C)S(C)(=O)=O. The number of rotatable bonds is 6. The van der Waals surface area contributed by atoms with Crippen molar-refractivity contribution in [2.24, 2.45) is 0 Å². The van der Waals surface area contributed by atoms with Gasteiger partial charge in [0.2, 0.25) is 0 Å². The maximum Gasteiger partial charge on any atom is 0.411 e. The highest BCUT2D eigenvalue weighted by Gasteiger charge is 2.48. The molecule has 1 atom stereocenters. The van der Waals surface area contributed by atoms with Gasteiger partial charge >= 0.3 is 6.09 Å². The van der Waals surface area contributed by atoms with Gasteiger partial charge in [-0.15, -0.1) is 0 Å². The zero-order valence-corrected chi connectivity index (χ0v) is 16.5. The normalized spacial score (nSPS) is 13.8. The van der Waals surface area contributed by atoms with E-state index in [1.807, 2.05) is 30.3 Å². The third-order valence-electron chi connectivity index (χ3n) is 4.20. The second kappa shape index (κ2) is 7.56. The molecule has 0 N–H and O–H groups in total. The molecule has 140 valence electrons. The average Bonchev–Trinajstić information content (AvgIpc) is 2.48. The Morgan fingerprint density at radius 3 is 2.08 bits per heavy atom. The fraction of sp³-hybridized carbons (Fsp3) is 0.556. The third-order valence-corrected chi connectivity index (χ3v) is 6.35. The van der Waals surface area contributed by atoms with Crippen molar-refractivity contribution in [3.05, 3.63) is 35.9 Å². The smallest absolute Gasteiger partial charge is 0.411 e. The van der Waals surface area contributed by atoms with Crippen molar-refractivity contribution in [1.82, 2.24) is 4.90 Å². The van der Waals surface area contributed by atoms with Gasteiger partial charge in [-0.3, -0.25) is 4.90 Å². The van der Waals surface area contributed by atoms with E-state index < -0.39 is 32.3 Å². The molecule has 6 nitrogen and oxygen atoms in total. The van der Waals surface area contributed by atoms with Crippen LogP contribution in [-0.4, -0.2) is 48.3 Å². The quantitative estimate of drug-likeness (QED) is 0.720. The molecule has 1 aromatic rings. The first-order valence-corrected chi connectivity index (χ1v) is 9.86. The number of aldehydes is 1. The molecule has 0 aromatic heterocycles. The van der Waals surface area contributed by atoms with E-state index in [-0.39, 0.29) is 6.61 Å². The Bertz CT molecular complexity index is 705. The summed E-state index contributed by atoms with van der Waals surface area (Å²) in [7, 11) is -3.60. The van der Waals surface area contributed by atoms with Crippen molar-refractivity contribution in [2.75, 3.05) is 6.26 Å².